The number of fused-ring (bicyclic) bond motifs is 2. The predicted molar refractivity (Wildman–Crippen MR) is 154 cm³/mol. The Morgan fingerprint density at radius 2 is 1.67 bits per heavy atom. The highest BCUT2D eigenvalue weighted by molar-refractivity contribution is 7.80. The number of benzene rings is 3. The highest BCUT2D eigenvalue weighted by Gasteiger charge is 2.36. The van der Waals surface area contributed by atoms with Gasteiger partial charge in [-0.2, -0.15) is 0 Å². The largest absolute Gasteiger partial charge is 0.356 e. The van der Waals surface area contributed by atoms with E-state index in [-0.39, 0.29) is 23.5 Å². The summed E-state index contributed by atoms with van der Waals surface area (Å²) in [6.07, 6.45) is 3.69. The van der Waals surface area contributed by atoms with Crippen LogP contribution in [0.1, 0.15) is 36.6 Å². The fraction of sp³-hybridized carbons (Fsp3) is 0.107. The SMILES string of the molecule is O=C(NNC(=S)N[C@H](Cc1ccc(Cl)cc1Cl)CN1C(=O)c2ccccc2C1=O)c1ccc2cnccc2c1. The first kappa shape index (κ1) is 26.6. The third-order valence-corrected chi connectivity index (χ3v) is 7.10. The zero-order valence-electron chi connectivity index (χ0n) is 20.3. The molecule has 3 amide bonds. The molecule has 0 aliphatic carbocycles. The van der Waals surface area contributed by atoms with Gasteiger partial charge in [-0.15, -0.1) is 0 Å². The lowest BCUT2D eigenvalue weighted by atomic mass is 10.1. The number of imide groups is 1. The number of nitrogens with one attached hydrogen (secondary N) is 3. The molecule has 0 spiro atoms. The van der Waals surface area contributed by atoms with Crippen LogP contribution in [-0.2, 0) is 6.42 Å². The number of amides is 3. The van der Waals surface area contributed by atoms with Gasteiger partial charge in [-0.1, -0.05) is 47.5 Å². The molecule has 39 heavy (non-hydrogen) atoms. The molecule has 1 aliphatic rings. The van der Waals surface area contributed by atoms with Gasteiger partial charge in [-0.3, -0.25) is 35.1 Å². The van der Waals surface area contributed by atoms with Crippen LogP contribution in [0.5, 0.6) is 0 Å². The Hall–Kier alpha value is -4.05. The van der Waals surface area contributed by atoms with Crippen molar-refractivity contribution in [1.29, 1.82) is 0 Å². The van der Waals surface area contributed by atoms with Crippen LogP contribution in [0.4, 0.5) is 0 Å². The third kappa shape index (κ3) is 5.85. The zero-order valence-corrected chi connectivity index (χ0v) is 22.6. The highest BCUT2D eigenvalue weighted by Crippen LogP contribution is 2.25. The van der Waals surface area contributed by atoms with E-state index in [9.17, 15) is 14.4 Å². The van der Waals surface area contributed by atoms with Gasteiger partial charge >= 0.3 is 0 Å². The van der Waals surface area contributed by atoms with Crippen molar-refractivity contribution in [3.8, 4) is 0 Å². The lowest BCUT2D eigenvalue weighted by Crippen LogP contribution is -2.53. The van der Waals surface area contributed by atoms with E-state index in [0.717, 1.165) is 16.3 Å². The van der Waals surface area contributed by atoms with E-state index < -0.39 is 11.9 Å². The molecule has 196 valence electrons. The number of carbonyl (C=O) groups excluding carboxylic acids is 3. The molecule has 0 unspecified atom stereocenters. The second-order valence-electron chi connectivity index (χ2n) is 8.89. The molecule has 11 heteroatoms. The second kappa shape index (κ2) is 11.4. The highest BCUT2D eigenvalue weighted by atomic mass is 35.5. The van der Waals surface area contributed by atoms with Crippen LogP contribution in [0, 0.1) is 0 Å². The van der Waals surface area contributed by atoms with Crippen LogP contribution in [0.2, 0.25) is 10.0 Å². The smallest absolute Gasteiger partial charge is 0.269 e. The van der Waals surface area contributed by atoms with Crippen molar-refractivity contribution in [2.75, 3.05) is 6.54 Å². The molecule has 0 saturated carbocycles. The van der Waals surface area contributed by atoms with Crippen LogP contribution in [-0.4, -0.2) is 45.3 Å². The maximum atomic E-state index is 13.0. The minimum Gasteiger partial charge on any atom is -0.356 e. The van der Waals surface area contributed by atoms with Crippen LogP contribution in [0.25, 0.3) is 10.8 Å². The Morgan fingerprint density at radius 1 is 0.923 bits per heavy atom. The van der Waals surface area contributed by atoms with Gasteiger partial charge in [0.1, 0.15) is 0 Å². The van der Waals surface area contributed by atoms with Crippen LogP contribution in [0.15, 0.2) is 79.1 Å². The molecule has 0 fully saturated rings. The summed E-state index contributed by atoms with van der Waals surface area (Å²) in [5.41, 5.74) is 7.15. The normalized spacial score (nSPS) is 13.2. The van der Waals surface area contributed by atoms with Crippen molar-refractivity contribution >= 4 is 69.0 Å². The van der Waals surface area contributed by atoms with Crippen LogP contribution >= 0.6 is 35.4 Å². The molecule has 1 atom stereocenters. The molecule has 1 aromatic heterocycles. The maximum absolute atomic E-state index is 13.0. The predicted octanol–water partition coefficient (Wildman–Crippen LogP) is 4.56. The number of hydrazine groups is 1. The van der Waals surface area contributed by atoms with Gasteiger partial charge in [0.25, 0.3) is 17.7 Å². The van der Waals surface area contributed by atoms with Gasteiger partial charge in [0.05, 0.1) is 17.2 Å². The maximum Gasteiger partial charge on any atom is 0.269 e. The number of thiocarbonyl (C=S) groups is 1. The average molecular weight is 578 g/mol. The first-order valence-electron chi connectivity index (χ1n) is 11.9. The van der Waals surface area contributed by atoms with Crippen molar-refractivity contribution < 1.29 is 14.4 Å². The van der Waals surface area contributed by atoms with Gasteiger partial charge in [0.2, 0.25) is 0 Å². The summed E-state index contributed by atoms with van der Waals surface area (Å²) in [4.78, 5) is 43.9. The van der Waals surface area contributed by atoms with E-state index in [2.05, 4.69) is 21.2 Å². The lowest BCUT2D eigenvalue weighted by molar-refractivity contribution is 0.0641. The number of aromatic nitrogens is 1. The van der Waals surface area contributed by atoms with Gasteiger partial charge in [0, 0.05) is 39.9 Å². The summed E-state index contributed by atoms with van der Waals surface area (Å²) in [5.74, 6) is -1.16. The Balaban J connectivity index is 1.29. The molecule has 0 bridgehead atoms. The first-order chi connectivity index (χ1) is 18.8. The number of rotatable bonds is 6. The molecule has 1 aliphatic heterocycles. The van der Waals surface area contributed by atoms with Crippen molar-refractivity contribution in [2.45, 2.75) is 12.5 Å². The summed E-state index contributed by atoms with van der Waals surface area (Å²) < 4.78 is 0. The van der Waals surface area contributed by atoms with E-state index in [1.54, 1.807) is 67.0 Å². The van der Waals surface area contributed by atoms with Gasteiger partial charge in [0.15, 0.2) is 5.11 Å². The summed E-state index contributed by atoms with van der Waals surface area (Å²) in [5, 5.41) is 5.91. The molecule has 0 radical (unpaired) electrons. The topological polar surface area (TPSA) is 103 Å². The van der Waals surface area contributed by atoms with E-state index in [1.165, 1.54) is 4.90 Å². The van der Waals surface area contributed by atoms with Gasteiger partial charge in [-0.05, 0) is 72.1 Å². The molecule has 4 aromatic rings. The third-order valence-electron chi connectivity index (χ3n) is 6.29. The molecular weight excluding hydrogens is 557 g/mol. The number of hydrogen-bond acceptors (Lipinski definition) is 5. The number of halogens is 2. The number of hydrogen-bond donors (Lipinski definition) is 3. The minimum absolute atomic E-state index is 0.0137. The second-order valence-corrected chi connectivity index (χ2v) is 10.1. The Bertz CT molecular complexity index is 1600. The van der Waals surface area contributed by atoms with E-state index in [0.29, 0.717) is 33.2 Å². The number of nitrogens with zero attached hydrogens (tertiary/aromatic N) is 2. The summed E-state index contributed by atoms with van der Waals surface area (Å²) in [7, 11) is 0. The van der Waals surface area contributed by atoms with Crippen molar-refractivity contribution in [2.24, 2.45) is 0 Å². The quantitative estimate of drug-likeness (QED) is 0.175. The Kier molecular flexibility index (Phi) is 7.74. The zero-order chi connectivity index (χ0) is 27.5. The summed E-state index contributed by atoms with van der Waals surface area (Å²) >= 11 is 17.9. The first-order valence-corrected chi connectivity index (χ1v) is 13.1. The van der Waals surface area contributed by atoms with Crippen molar-refractivity contribution in [3.63, 3.8) is 0 Å². The van der Waals surface area contributed by atoms with Crippen LogP contribution in [0.3, 0.4) is 0 Å². The van der Waals surface area contributed by atoms with Crippen molar-refractivity contribution in [1.82, 2.24) is 26.1 Å². The minimum atomic E-state index is -0.532. The van der Waals surface area contributed by atoms with Crippen molar-refractivity contribution in [3.05, 3.63) is 111 Å². The van der Waals surface area contributed by atoms with E-state index in [1.807, 2.05) is 12.1 Å². The van der Waals surface area contributed by atoms with E-state index >= 15 is 0 Å². The van der Waals surface area contributed by atoms with E-state index in [4.69, 9.17) is 35.4 Å². The average Bonchev–Trinajstić information content (AvgIpc) is 3.17. The lowest BCUT2D eigenvalue weighted by Gasteiger charge is -2.25. The fourth-order valence-electron chi connectivity index (χ4n) is 4.37. The molecule has 8 nitrogen and oxygen atoms in total. The van der Waals surface area contributed by atoms with Gasteiger partial charge in [-0.25, -0.2) is 0 Å². The van der Waals surface area contributed by atoms with Crippen LogP contribution < -0.4 is 16.2 Å². The summed E-state index contributed by atoms with van der Waals surface area (Å²) in [6, 6.07) is 18.3. The monoisotopic (exact) mass is 577 g/mol. The fourth-order valence-corrected chi connectivity index (χ4v) is 5.07. The molecule has 0 saturated heterocycles. The number of pyridine rings is 1. The molecule has 3 aromatic carbocycles. The molecular formula is C28H21Cl2N5O3S. The molecule has 2 heterocycles. The molecule has 3 N–H and O–H groups in total. The summed E-state index contributed by atoms with van der Waals surface area (Å²) in [6.45, 7) is 0.0137. The molecule has 5 rings (SSSR count). The Labute approximate surface area is 239 Å². The van der Waals surface area contributed by atoms with Gasteiger partial charge < -0.3 is 5.32 Å². The number of carbonyl (C=O) groups is 3. The standard InChI is InChI=1S/C28H21Cl2N5O3S/c29-20-8-7-17(24(30)13-20)12-21(15-35-26(37)22-3-1-2-4-23(22)27(35)38)32-28(39)34-33-25(36)18-5-6-19-14-31-10-9-16(19)11-18/h1-11,13-14,21H,12,15H2,(H,33,36)(H2,32,34,39)/t21-/m1/s1. The Morgan fingerprint density at radius 3 is 2.38 bits per heavy atom.